The number of carbonyl (C=O) groups is 3. The van der Waals surface area contributed by atoms with Gasteiger partial charge in [0.15, 0.2) is 0 Å². The molecule has 0 atom stereocenters. The maximum Gasteiger partial charge on any atom is 0.416 e. The molecule has 3 aromatic carbocycles. The summed E-state index contributed by atoms with van der Waals surface area (Å²) < 4.78 is 44.5. The van der Waals surface area contributed by atoms with Crippen molar-refractivity contribution in [1.29, 1.82) is 0 Å². The number of halogens is 5. The normalized spacial score (nSPS) is 13.7. The van der Waals surface area contributed by atoms with Gasteiger partial charge in [0.1, 0.15) is 16.5 Å². The summed E-state index contributed by atoms with van der Waals surface area (Å²) in [6.45, 7) is 2.27. The van der Waals surface area contributed by atoms with Crippen molar-refractivity contribution >= 4 is 58.0 Å². The first-order valence-electron chi connectivity index (χ1n) is 11.1. The molecule has 0 saturated heterocycles. The number of hydrogen-bond acceptors (Lipinski definition) is 5. The number of amides is 3. The summed E-state index contributed by atoms with van der Waals surface area (Å²) in [6, 6.07) is 14.6. The molecule has 38 heavy (non-hydrogen) atoms. The van der Waals surface area contributed by atoms with Crippen LogP contribution in [-0.2, 0) is 15.8 Å². The van der Waals surface area contributed by atoms with Crippen molar-refractivity contribution in [1.82, 2.24) is 0 Å². The molecule has 1 heterocycles. The molecule has 4 rings (SSSR count). The van der Waals surface area contributed by atoms with Gasteiger partial charge in [0.05, 0.1) is 28.6 Å². The van der Waals surface area contributed by atoms with E-state index in [0.717, 1.165) is 23.1 Å². The molecule has 3 aromatic rings. The lowest BCUT2D eigenvalue weighted by Crippen LogP contribution is -2.32. The van der Waals surface area contributed by atoms with Crippen LogP contribution in [0.3, 0.4) is 0 Å². The third kappa shape index (κ3) is 5.61. The monoisotopic (exact) mass is 563 g/mol. The van der Waals surface area contributed by atoms with Gasteiger partial charge in [-0.15, -0.1) is 0 Å². The number of anilines is 3. The summed E-state index contributed by atoms with van der Waals surface area (Å²) in [5.41, 5.74) is -0.849. The second-order valence-electron chi connectivity index (χ2n) is 7.91. The Bertz CT molecular complexity index is 1460. The first-order valence-corrected chi connectivity index (χ1v) is 11.8. The second-order valence-corrected chi connectivity index (χ2v) is 8.70. The smallest absolute Gasteiger partial charge is 0.416 e. The first-order chi connectivity index (χ1) is 18.0. The number of carbonyl (C=O) groups excluding carboxylic acids is 3. The predicted octanol–water partition coefficient (Wildman–Crippen LogP) is 6.45. The fraction of sp³-hybridized carbons (Fsp3) is 0.115. The highest BCUT2D eigenvalue weighted by molar-refractivity contribution is 6.53. The van der Waals surface area contributed by atoms with Crippen LogP contribution in [0.2, 0.25) is 5.02 Å². The third-order valence-corrected chi connectivity index (χ3v) is 6.05. The van der Waals surface area contributed by atoms with Crippen molar-refractivity contribution in [3.8, 4) is 5.75 Å². The molecule has 1 aliphatic heterocycles. The van der Waals surface area contributed by atoms with Gasteiger partial charge in [-0.05, 0) is 67.6 Å². The van der Waals surface area contributed by atoms with Gasteiger partial charge in [-0.1, -0.05) is 29.3 Å². The number of hydrogen-bond donors (Lipinski definition) is 2. The fourth-order valence-corrected chi connectivity index (χ4v) is 3.96. The van der Waals surface area contributed by atoms with E-state index in [-0.39, 0.29) is 38.4 Å². The SMILES string of the molecule is CCOc1ccc(N2C(=O)C(Cl)=C(Nc3cccc(C(=O)Nc4cc(C(F)(F)F)ccc4Cl)c3)C2=O)cc1. The van der Waals surface area contributed by atoms with Crippen LogP contribution in [0.5, 0.6) is 5.75 Å². The van der Waals surface area contributed by atoms with Crippen LogP contribution in [0, 0.1) is 0 Å². The molecule has 0 bridgehead atoms. The highest BCUT2D eigenvalue weighted by atomic mass is 35.5. The minimum absolute atomic E-state index is 0.0420. The summed E-state index contributed by atoms with van der Waals surface area (Å²) in [6.07, 6.45) is -4.62. The van der Waals surface area contributed by atoms with E-state index < -0.39 is 29.5 Å². The summed E-state index contributed by atoms with van der Waals surface area (Å²) in [5.74, 6) is -1.64. The van der Waals surface area contributed by atoms with E-state index >= 15 is 0 Å². The molecular formula is C26H18Cl2F3N3O4. The van der Waals surface area contributed by atoms with E-state index in [1.54, 1.807) is 12.1 Å². The quantitative estimate of drug-likeness (QED) is 0.323. The zero-order valence-electron chi connectivity index (χ0n) is 19.5. The van der Waals surface area contributed by atoms with E-state index in [0.29, 0.717) is 12.4 Å². The Kier molecular flexibility index (Phi) is 7.66. The maximum absolute atomic E-state index is 13.0. The van der Waals surface area contributed by atoms with Crippen LogP contribution in [0.4, 0.5) is 30.2 Å². The van der Waals surface area contributed by atoms with E-state index in [9.17, 15) is 27.6 Å². The molecule has 0 spiro atoms. The average Bonchev–Trinajstić information content (AvgIpc) is 3.08. The van der Waals surface area contributed by atoms with Crippen molar-refractivity contribution in [2.24, 2.45) is 0 Å². The number of benzene rings is 3. The first kappa shape index (κ1) is 27.0. The minimum Gasteiger partial charge on any atom is -0.494 e. The molecule has 196 valence electrons. The topological polar surface area (TPSA) is 87.7 Å². The van der Waals surface area contributed by atoms with Gasteiger partial charge in [-0.2, -0.15) is 13.2 Å². The van der Waals surface area contributed by atoms with Gasteiger partial charge in [0.25, 0.3) is 17.7 Å². The lowest BCUT2D eigenvalue weighted by atomic mass is 10.1. The van der Waals surface area contributed by atoms with E-state index in [4.69, 9.17) is 27.9 Å². The molecule has 0 saturated carbocycles. The molecule has 0 fully saturated rings. The Morgan fingerprint density at radius 2 is 1.68 bits per heavy atom. The highest BCUT2D eigenvalue weighted by Crippen LogP contribution is 2.34. The van der Waals surface area contributed by atoms with Gasteiger partial charge in [0.2, 0.25) is 0 Å². The van der Waals surface area contributed by atoms with Crippen LogP contribution in [-0.4, -0.2) is 24.3 Å². The Labute approximate surface area is 224 Å². The summed E-state index contributed by atoms with van der Waals surface area (Å²) in [7, 11) is 0. The van der Waals surface area contributed by atoms with Crippen molar-refractivity contribution in [2.75, 3.05) is 22.1 Å². The Balaban J connectivity index is 1.52. The lowest BCUT2D eigenvalue weighted by Gasteiger charge is -2.16. The number of nitrogens with zero attached hydrogens (tertiary/aromatic N) is 1. The van der Waals surface area contributed by atoms with Crippen LogP contribution >= 0.6 is 23.2 Å². The molecule has 0 unspecified atom stereocenters. The van der Waals surface area contributed by atoms with Crippen LogP contribution in [0.25, 0.3) is 0 Å². The van der Waals surface area contributed by atoms with E-state index in [1.807, 2.05) is 6.92 Å². The number of ether oxygens (including phenoxy) is 1. The van der Waals surface area contributed by atoms with Gasteiger partial charge < -0.3 is 15.4 Å². The molecule has 7 nitrogen and oxygen atoms in total. The van der Waals surface area contributed by atoms with E-state index in [1.165, 1.54) is 36.4 Å². The lowest BCUT2D eigenvalue weighted by molar-refractivity contribution is -0.137. The molecule has 0 aromatic heterocycles. The van der Waals surface area contributed by atoms with Crippen molar-refractivity contribution in [3.05, 3.63) is 93.6 Å². The Hall–Kier alpha value is -4.02. The second kappa shape index (κ2) is 10.8. The molecule has 1 aliphatic rings. The number of nitrogens with one attached hydrogen (secondary N) is 2. The van der Waals surface area contributed by atoms with Crippen LogP contribution in [0.1, 0.15) is 22.8 Å². The molecular weight excluding hydrogens is 546 g/mol. The van der Waals surface area contributed by atoms with Crippen LogP contribution in [0.15, 0.2) is 77.5 Å². The number of alkyl halides is 3. The van der Waals surface area contributed by atoms with Gasteiger partial charge in [-0.25, -0.2) is 4.90 Å². The standard InChI is InChI=1S/C26H18Cl2F3N3O4/c1-2-38-18-9-7-17(8-10-18)34-24(36)21(28)22(25(34)37)32-16-5-3-4-14(12-16)23(35)33-20-13-15(26(29,30)31)6-11-19(20)27/h3-13,32H,2H2,1H3,(H,33,35). The van der Waals surface area contributed by atoms with E-state index in [2.05, 4.69) is 10.6 Å². The third-order valence-electron chi connectivity index (χ3n) is 5.37. The van der Waals surface area contributed by atoms with Gasteiger partial charge in [0, 0.05) is 11.3 Å². The highest BCUT2D eigenvalue weighted by Gasteiger charge is 2.39. The van der Waals surface area contributed by atoms with Crippen molar-refractivity contribution < 1.29 is 32.3 Å². The largest absolute Gasteiger partial charge is 0.494 e. The molecule has 12 heteroatoms. The summed E-state index contributed by atoms with van der Waals surface area (Å²) >= 11 is 12.1. The zero-order valence-corrected chi connectivity index (χ0v) is 21.0. The zero-order chi connectivity index (χ0) is 27.6. The summed E-state index contributed by atoms with van der Waals surface area (Å²) in [4.78, 5) is 39.4. The van der Waals surface area contributed by atoms with Crippen LogP contribution < -0.4 is 20.3 Å². The number of rotatable bonds is 7. The molecule has 0 radical (unpaired) electrons. The molecule has 0 aliphatic carbocycles. The average molecular weight is 564 g/mol. The predicted molar refractivity (Wildman–Crippen MR) is 137 cm³/mol. The van der Waals surface area contributed by atoms with Crippen molar-refractivity contribution in [2.45, 2.75) is 13.1 Å². The van der Waals surface area contributed by atoms with Gasteiger partial charge >= 0.3 is 6.18 Å². The molecule has 3 amide bonds. The Morgan fingerprint density at radius 3 is 2.34 bits per heavy atom. The Morgan fingerprint density at radius 1 is 0.974 bits per heavy atom. The molecule has 2 N–H and O–H groups in total. The fourth-order valence-electron chi connectivity index (χ4n) is 3.58. The van der Waals surface area contributed by atoms with Crippen molar-refractivity contribution in [3.63, 3.8) is 0 Å². The minimum atomic E-state index is -4.62. The van der Waals surface area contributed by atoms with Gasteiger partial charge in [-0.3, -0.25) is 14.4 Å². The number of imide groups is 1. The summed E-state index contributed by atoms with van der Waals surface area (Å²) in [5, 5.41) is 4.67. The maximum atomic E-state index is 13.0.